The zero-order chi connectivity index (χ0) is 33.1. The highest BCUT2D eigenvalue weighted by Crippen LogP contribution is 2.43. The van der Waals surface area contributed by atoms with Crippen molar-refractivity contribution in [2.24, 2.45) is 0 Å². The first-order chi connectivity index (χ1) is 19.1. The highest BCUT2D eigenvalue weighted by Gasteiger charge is 2.52. The molecule has 0 amide bonds. The smallest absolute Gasteiger partial charge is 0.166 e. The van der Waals surface area contributed by atoms with Crippen LogP contribution in [0.2, 0.25) is 0 Å². The van der Waals surface area contributed by atoms with Crippen LogP contribution in [0.25, 0.3) is 0 Å². The van der Waals surface area contributed by atoms with Gasteiger partial charge in [0.2, 0.25) is 6.71 Å². The molecule has 0 fully saturated rings. The fraction of sp³-hybridized carbons (Fsp3) is 0.250. The lowest BCUT2D eigenvalue weighted by Gasteiger charge is -2.30. The van der Waals surface area contributed by atoms with E-state index in [4.69, 9.17) is 0 Å². The second kappa shape index (κ2) is 10.6. The van der Waals surface area contributed by atoms with Gasteiger partial charge in [-0.2, -0.15) is 79.0 Å². The Labute approximate surface area is 228 Å². The molecule has 0 radical (unpaired) electrons. The van der Waals surface area contributed by atoms with Crippen LogP contribution in [0.4, 0.5) is 79.0 Å². The molecule has 0 aliphatic rings. The number of benzene rings is 3. The summed E-state index contributed by atoms with van der Waals surface area (Å²) in [6.45, 7) is -3.51. The average Bonchev–Trinajstić information content (AvgIpc) is 2.80. The predicted molar refractivity (Wildman–Crippen MR) is 114 cm³/mol. The summed E-state index contributed by atoms with van der Waals surface area (Å²) in [5.41, 5.74) is -23.2. The summed E-state index contributed by atoms with van der Waals surface area (Å²) in [6.07, 6.45) is -36.9. The van der Waals surface area contributed by atoms with Gasteiger partial charge >= 0.3 is 37.1 Å². The SMILES string of the molecule is FC(F)(F)c1cc(C(F)(F)F)c(B(c2ccccc2)c2c(C(F)(F)F)cc(C(F)(F)F)cc2C(F)(F)F)c(C(F)(F)F)c1. The number of halogens is 18. The molecule has 0 aliphatic heterocycles. The maximum Gasteiger partial charge on any atom is 0.416 e. The van der Waals surface area contributed by atoms with Crippen LogP contribution in [0, 0.1) is 0 Å². The van der Waals surface area contributed by atoms with E-state index in [9.17, 15) is 79.0 Å². The van der Waals surface area contributed by atoms with Crippen molar-refractivity contribution in [3.8, 4) is 0 Å². The Hall–Kier alpha value is -3.54. The Balaban J connectivity index is 2.78. The van der Waals surface area contributed by atoms with E-state index in [1.807, 2.05) is 0 Å². The fourth-order valence-corrected chi connectivity index (χ4v) is 4.32. The fourth-order valence-electron chi connectivity index (χ4n) is 4.32. The maximum atomic E-state index is 14.1. The normalized spacial score (nSPS) is 13.8. The lowest BCUT2D eigenvalue weighted by Crippen LogP contribution is -2.59. The van der Waals surface area contributed by atoms with Gasteiger partial charge in [-0.1, -0.05) is 35.8 Å². The van der Waals surface area contributed by atoms with Crippen LogP contribution in [0.3, 0.4) is 0 Å². The molecule has 0 spiro atoms. The van der Waals surface area contributed by atoms with E-state index < -0.39 is 118 Å². The lowest BCUT2D eigenvalue weighted by molar-refractivity contribution is -0.149. The largest absolute Gasteiger partial charge is 0.416 e. The monoisotopic (exact) mass is 650 g/mol. The minimum atomic E-state index is -6.27. The molecular weight excluding hydrogens is 641 g/mol. The van der Waals surface area contributed by atoms with Gasteiger partial charge in [-0.15, -0.1) is 0 Å². The van der Waals surface area contributed by atoms with Crippen molar-refractivity contribution in [3.63, 3.8) is 0 Å². The Morgan fingerprint density at radius 3 is 0.814 bits per heavy atom. The summed E-state index contributed by atoms with van der Waals surface area (Å²) in [6, 6.07) is -0.367. The molecule has 3 rings (SSSR count). The van der Waals surface area contributed by atoms with E-state index in [2.05, 4.69) is 0 Å². The Morgan fingerprint density at radius 2 is 0.605 bits per heavy atom. The van der Waals surface area contributed by atoms with E-state index in [0.29, 0.717) is 12.1 Å². The molecule has 0 bridgehead atoms. The predicted octanol–water partition coefficient (Wildman–Crippen LogP) is 8.32. The van der Waals surface area contributed by atoms with Crippen molar-refractivity contribution >= 4 is 23.1 Å². The van der Waals surface area contributed by atoms with E-state index in [0.717, 1.165) is 18.2 Å². The molecule has 43 heavy (non-hydrogen) atoms. The van der Waals surface area contributed by atoms with Crippen LogP contribution in [0.15, 0.2) is 54.6 Å². The van der Waals surface area contributed by atoms with Crippen molar-refractivity contribution in [2.45, 2.75) is 37.1 Å². The summed E-state index contributed by atoms with van der Waals surface area (Å²) in [5, 5.41) is 0. The van der Waals surface area contributed by atoms with Gasteiger partial charge in [0.25, 0.3) is 0 Å². The topological polar surface area (TPSA) is 0 Å². The first-order valence-electron chi connectivity index (χ1n) is 11.0. The molecule has 0 aliphatic carbocycles. The van der Waals surface area contributed by atoms with Crippen molar-refractivity contribution in [3.05, 3.63) is 88.0 Å². The molecule has 0 atom stereocenters. The van der Waals surface area contributed by atoms with Gasteiger partial charge in [0.05, 0.1) is 33.4 Å². The van der Waals surface area contributed by atoms with Gasteiger partial charge in [-0.05, 0) is 35.2 Å². The van der Waals surface area contributed by atoms with Crippen LogP contribution in [-0.2, 0) is 37.1 Å². The molecule has 0 unspecified atom stereocenters. The highest BCUT2D eigenvalue weighted by molar-refractivity contribution is 6.96. The highest BCUT2D eigenvalue weighted by atomic mass is 19.4. The molecule has 0 nitrogen and oxygen atoms in total. The molecule has 3 aromatic rings. The van der Waals surface area contributed by atoms with Crippen LogP contribution < -0.4 is 16.4 Å². The van der Waals surface area contributed by atoms with Crippen LogP contribution in [0.5, 0.6) is 0 Å². The molecule has 0 saturated heterocycles. The molecular formula is C24H9BF18. The first-order valence-corrected chi connectivity index (χ1v) is 11.0. The first kappa shape index (κ1) is 34.0. The molecule has 19 heteroatoms. The van der Waals surface area contributed by atoms with Gasteiger partial charge in [0.1, 0.15) is 0 Å². The quantitative estimate of drug-likeness (QED) is 0.198. The Morgan fingerprint density at radius 1 is 0.349 bits per heavy atom. The molecule has 0 saturated carbocycles. The lowest BCUT2D eigenvalue weighted by atomic mass is 9.33. The van der Waals surface area contributed by atoms with Crippen molar-refractivity contribution in [1.29, 1.82) is 0 Å². The third-order valence-electron chi connectivity index (χ3n) is 5.95. The minimum absolute atomic E-state index is 0.459. The molecule has 0 N–H and O–H groups in total. The number of rotatable bonds is 3. The van der Waals surface area contributed by atoms with Crippen molar-refractivity contribution in [1.82, 2.24) is 0 Å². The van der Waals surface area contributed by atoms with Crippen LogP contribution in [-0.4, -0.2) is 6.71 Å². The van der Waals surface area contributed by atoms with E-state index in [-0.39, 0.29) is 0 Å². The average molecular weight is 650 g/mol. The molecule has 3 aromatic carbocycles. The summed E-state index contributed by atoms with van der Waals surface area (Å²) < 4.78 is 250. The molecule has 0 aromatic heterocycles. The summed E-state index contributed by atoms with van der Waals surface area (Å²) in [4.78, 5) is 0. The second-order valence-corrected chi connectivity index (χ2v) is 8.80. The van der Waals surface area contributed by atoms with Gasteiger partial charge in [0, 0.05) is 0 Å². The second-order valence-electron chi connectivity index (χ2n) is 8.80. The molecule has 234 valence electrons. The van der Waals surface area contributed by atoms with Crippen molar-refractivity contribution < 1.29 is 79.0 Å². The number of hydrogen-bond acceptors (Lipinski definition) is 0. The number of alkyl halides is 18. The van der Waals surface area contributed by atoms with Crippen LogP contribution >= 0.6 is 0 Å². The van der Waals surface area contributed by atoms with Crippen LogP contribution in [0.1, 0.15) is 33.4 Å². The standard InChI is InChI=1S/C24H9BF18/c26-19(27,28)10-6-13(21(32,33)34)17(14(7-10)22(35,36)37)25(12-4-2-1-3-5-12)18-15(23(38,39)40)8-11(20(29,30)31)9-16(18)24(41,42)43/h1-9H. The minimum Gasteiger partial charge on any atom is -0.166 e. The number of hydrogen-bond donors (Lipinski definition) is 0. The van der Waals surface area contributed by atoms with Gasteiger partial charge < -0.3 is 0 Å². The van der Waals surface area contributed by atoms with Gasteiger partial charge in [-0.3, -0.25) is 0 Å². The maximum absolute atomic E-state index is 14.1. The summed E-state index contributed by atoms with van der Waals surface area (Å²) >= 11 is 0. The Bertz CT molecular complexity index is 1300. The third-order valence-corrected chi connectivity index (χ3v) is 5.95. The van der Waals surface area contributed by atoms with E-state index in [1.54, 1.807) is 0 Å². The van der Waals surface area contributed by atoms with Crippen molar-refractivity contribution in [2.75, 3.05) is 0 Å². The van der Waals surface area contributed by atoms with E-state index >= 15 is 0 Å². The summed E-state index contributed by atoms with van der Waals surface area (Å²) in [7, 11) is 0. The zero-order valence-corrected chi connectivity index (χ0v) is 20.1. The third kappa shape index (κ3) is 7.17. The zero-order valence-electron chi connectivity index (χ0n) is 20.1. The van der Waals surface area contributed by atoms with Gasteiger partial charge in [-0.25, -0.2) is 0 Å². The Kier molecular flexibility index (Phi) is 8.35. The summed E-state index contributed by atoms with van der Waals surface area (Å²) in [5.74, 6) is 0. The van der Waals surface area contributed by atoms with E-state index in [1.165, 1.54) is 0 Å². The molecule has 0 heterocycles. The van der Waals surface area contributed by atoms with Gasteiger partial charge in [0.15, 0.2) is 0 Å².